The summed E-state index contributed by atoms with van der Waals surface area (Å²) in [5.74, 6) is 1.93. The minimum Gasteiger partial charge on any atom is -0.497 e. The van der Waals surface area contributed by atoms with Gasteiger partial charge in [0.1, 0.15) is 23.0 Å². The second-order valence-corrected chi connectivity index (χ2v) is 5.27. The van der Waals surface area contributed by atoms with Gasteiger partial charge in [0.25, 0.3) is 5.91 Å². The summed E-state index contributed by atoms with van der Waals surface area (Å²) in [7, 11) is 1.63. The molecule has 2 N–H and O–H groups in total. The second kappa shape index (κ2) is 7.43. The van der Waals surface area contributed by atoms with Crippen molar-refractivity contribution in [3.05, 3.63) is 59.7 Å². The van der Waals surface area contributed by atoms with Crippen LogP contribution in [0.5, 0.6) is 5.75 Å². The molecule has 0 aliphatic carbocycles. The average Bonchev–Trinajstić information content (AvgIpc) is 3.05. The van der Waals surface area contributed by atoms with Gasteiger partial charge in [0.05, 0.1) is 19.5 Å². The zero-order chi connectivity index (χ0) is 17.6. The number of benzene rings is 1. The first kappa shape index (κ1) is 16.4. The topological polar surface area (TPSA) is 102 Å². The van der Waals surface area contributed by atoms with Crippen LogP contribution in [0.2, 0.25) is 0 Å². The lowest BCUT2D eigenvalue weighted by atomic mass is 10.2. The molecule has 1 amide bonds. The highest BCUT2D eigenvalue weighted by molar-refractivity contribution is 6.02. The number of aryl methyl sites for hydroxylation is 1. The van der Waals surface area contributed by atoms with E-state index in [1.807, 2.05) is 24.3 Å². The van der Waals surface area contributed by atoms with Crippen LogP contribution in [-0.4, -0.2) is 28.1 Å². The number of hydrogen-bond donors (Lipinski definition) is 2. The highest BCUT2D eigenvalue weighted by Gasteiger charge is 2.10. The van der Waals surface area contributed by atoms with Gasteiger partial charge in [-0.05, 0) is 24.6 Å². The van der Waals surface area contributed by atoms with Crippen LogP contribution in [0.4, 0.5) is 11.6 Å². The van der Waals surface area contributed by atoms with E-state index in [1.165, 1.54) is 12.4 Å². The Balaban J connectivity index is 1.56. The standard InChI is InChI=1S/C17H17N5O3/c1-11-7-15(22-25-11)21-17(23)14-9-20-16(10-18-14)19-8-12-3-5-13(24-2)6-4-12/h3-7,9-10H,8H2,1-2H3,(H,19,20)(H,21,22,23). The number of ether oxygens (including phenoxy) is 1. The Bertz CT molecular complexity index is 843. The molecule has 0 unspecified atom stereocenters. The lowest BCUT2D eigenvalue weighted by Crippen LogP contribution is -2.14. The molecule has 0 aliphatic heterocycles. The van der Waals surface area contributed by atoms with Gasteiger partial charge in [0, 0.05) is 12.6 Å². The molecule has 8 nitrogen and oxygen atoms in total. The Morgan fingerprint density at radius 2 is 1.96 bits per heavy atom. The lowest BCUT2D eigenvalue weighted by molar-refractivity contribution is 0.102. The molecule has 8 heteroatoms. The van der Waals surface area contributed by atoms with Crippen LogP contribution in [0.3, 0.4) is 0 Å². The van der Waals surface area contributed by atoms with Crippen molar-refractivity contribution in [1.29, 1.82) is 0 Å². The first-order valence-corrected chi connectivity index (χ1v) is 7.57. The van der Waals surface area contributed by atoms with Crippen LogP contribution in [0.1, 0.15) is 21.8 Å². The Labute approximate surface area is 144 Å². The fourth-order valence-electron chi connectivity index (χ4n) is 2.08. The fraction of sp³-hybridized carbons (Fsp3) is 0.176. The van der Waals surface area contributed by atoms with Gasteiger partial charge in [-0.1, -0.05) is 17.3 Å². The molecular weight excluding hydrogens is 322 g/mol. The summed E-state index contributed by atoms with van der Waals surface area (Å²) in [6, 6.07) is 9.32. The summed E-state index contributed by atoms with van der Waals surface area (Å²) in [6.45, 7) is 2.33. The molecule has 2 aromatic heterocycles. The van der Waals surface area contributed by atoms with E-state index in [4.69, 9.17) is 9.26 Å². The number of hydrogen-bond acceptors (Lipinski definition) is 7. The van der Waals surface area contributed by atoms with Gasteiger partial charge in [0.15, 0.2) is 5.82 Å². The first-order valence-electron chi connectivity index (χ1n) is 7.57. The van der Waals surface area contributed by atoms with Crippen LogP contribution in [0, 0.1) is 6.92 Å². The van der Waals surface area contributed by atoms with E-state index in [0.29, 0.717) is 23.9 Å². The molecule has 0 saturated carbocycles. The van der Waals surface area contributed by atoms with E-state index in [1.54, 1.807) is 20.1 Å². The molecule has 0 atom stereocenters. The molecule has 0 bridgehead atoms. The molecular formula is C17H17N5O3. The summed E-state index contributed by atoms with van der Waals surface area (Å²) in [4.78, 5) is 20.3. The van der Waals surface area contributed by atoms with E-state index < -0.39 is 5.91 Å². The van der Waals surface area contributed by atoms with E-state index >= 15 is 0 Å². The molecule has 0 radical (unpaired) electrons. The molecule has 0 fully saturated rings. The fourth-order valence-corrected chi connectivity index (χ4v) is 2.08. The number of nitrogens with one attached hydrogen (secondary N) is 2. The number of carbonyl (C=O) groups is 1. The van der Waals surface area contributed by atoms with Crippen LogP contribution in [0.25, 0.3) is 0 Å². The van der Waals surface area contributed by atoms with Crippen LogP contribution >= 0.6 is 0 Å². The van der Waals surface area contributed by atoms with Crippen LogP contribution < -0.4 is 15.4 Å². The smallest absolute Gasteiger partial charge is 0.277 e. The number of carbonyl (C=O) groups excluding carboxylic acids is 1. The molecule has 3 rings (SSSR count). The molecule has 25 heavy (non-hydrogen) atoms. The zero-order valence-corrected chi connectivity index (χ0v) is 13.8. The minimum absolute atomic E-state index is 0.190. The SMILES string of the molecule is COc1ccc(CNc2cnc(C(=O)Nc3cc(C)on3)cn2)cc1. The van der Waals surface area contributed by atoms with E-state index in [-0.39, 0.29) is 5.69 Å². The second-order valence-electron chi connectivity index (χ2n) is 5.27. The molecule has 0 saturated heterocycles. The third-order valence-corrected chi connectivity index (χ3v) is 3.39. The van der Waals surface area contributed by atoms with Gasteiger partial charge in [-0.25, -0.2) is 9.97 Å². The summed E-state index contributed by atoms with van der Waals surface area (Å²) in [5, 5.41) is 9.43. The van der Waals surface area contributed by atoms with Crippen molar-refractivity contribution in [3.8, 4) is 5.75 Å². The Kier molecular flexibility index (Phi) is 4.89. The van der Waals surface area contributed by atoms with Gasteiger partial charge in [0.2, 0.25) is 0 Å². The molecule has 0 aliphatic rings. The Morgan fingerprint density at radius 1 is 1.16 bits per heavy atom. The lowest BCUT2D eigenvalue weighted by Gasteiger charge is -2.07. The molecule has 0 spiro atoms. The maximum atomic E-state index is 12.0. The third kappa shape index (κ3) is 4.31. The largest absolute Gasteiger partial charge is 0.497 e. The van der Waals surface area contributed by atoms with Gasteiger partial charge >= 0.3 is 0 Å². The molecule has 1 aromatic carbocycles. The van der Waals surface area contributed by atoms with Crippen molar-refractivity contribution in [2.24, 2.45) is 0 Å². The van der Waals surface area contributed by atoms with E-state index in [2.05, 4.69) is 25.8 Å². The van der Waals surface area contributed by atoms with Crippen molar-refractivity contribution in [3.63, 3.8) is 0 Å². The van der Waals surface area contributed by atoms with E-state index in [0.717, 1.165) is 11.3 Å². The average molecular weight is 339 g/mol. The van der Waals surface area contributed by atoms with Gasteiger partial charge in [-0.15, -0.1) is 0 Å². The predicted molar refractivity (Wildman–Crippen MR) is 91.5 cm³/mol. The van der Waals surface area contributed by atoms with Gasteiger partial charge in [-0.3, -0.25) is 4.79 Å². The number of aromatic nitrogens is 3. The minimum atomic E-state index is -0.400. The maximum Gasteiger partial charge on any atom is 0.277 e. The van der Waals surface area contributed by atoms with Crippen molar-refractivity contribution in [1.82, 2.24) is 15.1 Å². The third-order valence-electron chi connectivity index (χ3n) is 3.39. The number of amides is 1. The Morgan fingerprint density at radius 3 is 2.56 bits per heavy atom. The number of nitrogens with zero attached hydrogens (tertiary/aromatic N) is 3. The summed E-state index contributed by atoms with van der Waals surface area (Å²) >= 11 is 0. The van der Waals surface area contributed by atoms with Crippen LogP contribution in [0.15, 0.2) is 47.2 Å². The number of anilines is 2. The van der Waals surface area contributed by atoms with Crippen molar-refractivity contribution < 1.29 is 14.1 Å². The summed E-state index contributed by atoms with van der Waals surface area (Å²) in [6.07, 6.45) is 2.91. The van der Waals surface area contributed by atoms with E-state index in [9.17, 15) is 4.79 Å². The predicted octanol–water partition coefficient (Wildman–Crippen LogP) is 2.65. The highest BCUT2D eigenvalue weighted by Crippen LogP contribution is 2.13. The number of rotatable bonds is 6. The van der Waals surface area contributed by atoms with Gasteiger partial charge < -0.3 is 19.9 Å². The van der Waals surface area contributed by atoms with Gasteiger partial charge in [-0.2, -0.15) is 0 Å². The van der Waals surface area contributed by atoms with Crippen LogP contribution in [-0.2, 0) is 6.54 Å². The molecule has 128 valence electrons. The summed E-state index contributed by atoms with van der Waals surface area (Å²) in [5.41, 5.74) is 1.27. The molecule has 3 aromatic rings. The molecule has 2 heterocycles. The quantitative estimate of drug-likeness (QED) is 0.711. The highest BCUT2D eigenvalue weighted by atomic mass is 16.5. The normalized spacial score (nSPS) is 10.3. The van der Waals surface area contributed by atoms with Crippen molar-refractivity contribution in [2.75, 3.05) is 17.7 Å². The van der Waals surface area contributed by atoms with Crippen molar-refractivity contribution >= 4 is 17.5 Å². The zero-order valence-electron chi connectivity index (χ0n) is 13.8. The monoisotopic (exact) mass is 339 g/mol. The van der Waals surface area contributed by atoms with Crippen molar-refractivity contribution in [2.45, 2.75) is 13.5 Å². The number of methoxy groups -OCH3 is 1. The Hall–Kier alpha value is -3.42. The first-order chi connectivity index (χ1) is 12.1. The maximum absolute atomic E-state index is 12.0. The summed E-state index contributed by atoms with van der Waals surface area (Å²) < 4.78 is 10.0.